The molecule has 4 aromatic rings. The van der Waals surface area contributed by atoms with Gasteiger partial charge in [-0.1, -0.05) is 30.3 Å². The van der Waals surface area contributed by atoms with Crippen molar-refractivity contribution in [2.75, 3.05) is 4.72 Å². The van der Waals surface area contributed by atoms with Crippen LogP contribution in [0.25, 0.3) is 11.0 Å². The van der Waals surface area contributed by atoms with Crippen molar-refractivity contribution in [3.05, 3.63) is 82.4 Å². The van der Waals surface area contributed by atoms with Crippen molar-refractivity contribution in [1.82, 2.24) is 10.9 Å². The number of furan rings is 1. The summed E-state index contributed by atoms with van der Waals surface area (Å²) in [6, 6.07) is 13.1. The second kappa shape index (κ2) is 9.08. The molecule has 2 amide bonds. The lowest BCUT2D eigenvalue weighted by atomic mass is 10.0. The highest BCUT2D eigenvalue weighted by Gasteiger charge is 2.20. The summed E-state index contributed by atoms with van der Waals surface area (Å²) >= 11 is 1.07. The Morgan fingerprint density at radius 1 is 1.00 bits per heavy atom. The van der Waals surface area contributed by atoms with Gasteiger partial charge in [-0.2, -0.15) is 0 Å². The molecule has 0 aliphatic carbocycles. The smallest absolute Gasteiger partial charge is 0.271 e. The molecule has 0 saturated carbocycles. The Balaban J connectivity index is 1.43. The average molecular weight is 484 g/mol. The first kappa shape index (κ1) is 22.6. The van der Waals surface area contributed by atoms with Crippen molar-refractivity contribution in [1.29, 1.82) is 0 Å². The van der Waals surface area contributed by atoms with Gasteiger partial charge in [0, 0.05) is 10.9 Å². The lowest BCUT2D eigenvalue weighted by molar-refractivity contribution is -0.121. The normalized spacial score (nSPS) is 11.3. The van der Waals surface area contributed by atoms with E-state index in [0.29, 0.717) is 5.56 Å². The van der Waals surface area contributed by atoms with Crippen molar-refractivity contribution in [3.63, 3.8) is 0 Å². The zero-order valence-corrected chi connectivity index (χ0v) is 19.5. The Kier molecular flexibility index (Phi) is 6.21. The van der Waals surface area contributed by atoms with E-state index in [-0.39, 0.29) is 21.9 Å². The molecule has 170 valence electrons. The number of carbonyl (C=O) groups is 2. The van der Waals surface area contributed by atoms with E-state index in [1.165, 1.54) is 24.5 Å². The fourth-order valence-corrected chi connectivity index (χ4v) is 5.39. The van der Waals surface area contributed by atoms with Crippen molar-refractivity contribution >= 4 is 49.8 Å². The molecule has 33 heavy (non-hydrogen) atoms. The number of hydrogen-bond donors (Lipinski definition) is 3. The molecule has 3 N–H and O–H groups in total. The number of hydrogen-bond acceptors (Lipinski definition) is 6. The number of nitrogens with one attached hydrogen (secondary N) is 3. The van der Waals surface area contributed by atoms with Gasteiger partial charge in [0.25, 0.3) is 15.9 Å². The van der Waals surface area contributed by atoms with Crippen LogP contribution in [-0.4, -0.2) is 20.2 Å². The summed E-state index contributed by atoms with van der Waals surface area (Å²) in [5, 5.41) is 2.49. The average Bonchev–Trinajstić information content (AvgIpc) is 3.46. The SMILES string of the molecule is Cc1ccc2c(CC(=O)NNC(=O)c3ccccc3NS(=O)(=O)c3cccs3)coc2c1C. The highest BCUT2D eigenvalue weighted by Crippen LogP contribution is 2.27. The number of anilines is 1. The van der Waals surface area contributed by atoms with E-state index in [2.05, 4.69) is 15.6 Å². The minimum atomic E-state index is -3.83. The molecule has 0 unspecified atom stereocenters. The Bertz CT molecular complexity index is 1440. The van der Waals surface area contributed by atoms with Crippen LogP contribution in [0.1, 0.15) is 27.0 Å². The number of thiophene rings is 1. The van der Waals surface area contributed by atoms with E-state index in [4.69, 9.17) is 4.42 Å². The van der Waals surface area contributed by atoms with Gasteiger partial charge < -0.3 is 4.42 Å². The predicted octanol–water partition coefficient (Wildman–Crippen LogP) is 3.92. The number of amides is 2. The standard InChI is InChI=1S/C23H21N3O5S2/c1-14-9-10-17-16(13-31-22(17)15(14)2)12-20(27)24-25-23(28)18-6-3-4-7-19(18)26-33(29,30)21-8-5-11-32-21/h3-11,13,26H,12H2,1-2H3,(H,24,27)(H,25,28). The van der Waals surface area contributed by atoms with Gasteiger partial charge in [0.2, 0.25) is 5.91 Å². The fraction of sp³-hybridized carbons (Fsp3) is 0.130. The van der Waals surface area contributed by atoms with Crippen molar-refractivity contribution < 1.29 is 22.4 Å². The molecule has 10 heteroatoms. The molecule has 4 rings (SSSR count). The highest BCUT2D eigenvalue weighted by atomic mass is 32.2. The van der Waals surface area contributed by atoms with Gasteiger partial charge >= 0.3 is 0 Å². The number of sulfonamides is 1. The molecule has 0 aliphatic rings. The second-order valence-electron chi connectivity index (χ2n) is 7.41. The van der Waals surface area contributed by atoms with Gasteiger partial charge in [0.05, 0.1) is 23.9 Å². The molecule has 2 aromatic carbocycles. The second-order valence-corrected chi connectivity index (χ2v) is 10.3. The Morgan fingerprint density at radius 3 is 2.55 bits per heavy atom. The number of aryl methyl sites for hydroxylation is 2. The minimum absolute atomic E-state index is 0.00242. The molecule has 0 radical (unpaired) electrons. The summed E-state index contributed by atoms with van der Waals surface area (Å²) in [6.07, 6.45) is 1.54. The zero-order valence-electron chi connectivity index (χ0n) is 17.8. The van der Waals surface area contributed by atoms with Gasteiger partial charge in [-0.05, 0) is 48.6 Å². The van der Waals surface area contributed by atoms with Crippen LogP contribution < -0.4 is 15.6 Å². The Labute approximate surface area is 194 Å². The summed E-state index contributed by atoms with van der Waals surface area (Å²) < 4.78 is 33.2. The molecular weight excluding hydrogens is 462 g/mol. The van der Waals surface area contributed by atoms with Gasteiger partial charge in [-0.3, -0.25) is 25.2 Å². The molecule has 0 bridgehead atoms. The number of rotatable bonds is 6. The van der Waals surface area contributed by atoms with E-state index in [1.54, 1.807) is 23.6 Å². The molecule has 0 aliphatic heterocycles. The van der Waals surface area contributed by atoms with Gasteiger partial charge in [-0.15, -0.1) is 11.3 Å². The lowest BCUT2D eigenvalue weighted by Gasteiger charge is -2.12. The largest absolute Gasteiger partial charge is 0.464 e. The molecule has 0 atom stereocenters. The van der Waals surface area contributed by atoms with Crippen LogP contribution in [0.3, 0.4) is 0 Å². The fourth-order valence-electron chi connectivity index (χ4n) is 3.32. The van der Waals surface area contributed by atoms with Gasteiger partial charge in [-0.25, -0.2) is 8.42 Å². The van der Waals surface area contributed by atoms with Crippen molar-refractivity contribution in [2.24, 2.45) is 0 Å². The number of fused-ring (bicyclic) bond motifs is 1. The summed E-state index contributed by atoms with van der Waals surface area (Å²) in [6.45, 7) is 3.94. The lowest BCUT2D eigenvalue weighted by Crippen LogP contribution is -2.42. The van der Waals surface area contributed by atoms with Gasteiger partial charge in [0.1, 0.15) is 9.79 Å². The molecule has 0 fully saturated rings. The third-order valence-corrected chi connectivity index (χ3v) is 7.95. The van der Waals surface area contributed by atoms with Crippen LogP contribution in [0.4, 0.5) is 5.69 Å². The topological polar surface area (TPSA) is 118 Å². The number of hydrazine groups is 1. The van der Waals surface area contributed by atoms with E-state index in [1.807, 2.05) is 26.0 Å². The molecule has 0 spiro atoms. The maximum atomic E-state index is 12.7. The Morgan fingerprint density at radius 2 is 1.79 bits per heavy atom. The van der Waals surface area contributed by atoms with Crippen LogP contribution in [0.15, 0.2) is 68.8 Å². The summed E-state index contributed by atoms with van der Waals surface area (Å²) in [5.74, 6) is -1.10. The molecule has 2 heterocycles. The summed E-state index contributed by atoms with van der Waals surface area (Å²) in [7, 11) is -3.83. The molecule has 8 nitrogen and oxygen atoms in total. The minimum Gasteiger partial charge on any atom is -0.464 e. The van der Waals surface area contributed by atoms with Crippen LogP contribution in [0, 0.1) is 13.8 Å². The zero-order chi connectivity index (χ0) is 23.6. The number of para-hydroxylation sites is 1. The van der Waals surface area contributed by atoms with Gasteiger partial charge in [0.15, 0.2) is 0 Å². The van der Waals surface area contributed by atoms with Crippen LogP contribution >= 0.6 is 11.3 Å². The number of carbonyl (C=O) groups excluding carboxylic acids is 2. The first-order valence-electron chi connectivity index (χ1n) is 9.97. The van der Waals surface area contributed by atoms with Crippen LogP contribution in [0.2, 0.25) is 0 Å². The molecular formula is C23H21N3O5S2. The monoisotopic (exact) mass is 483 g/mol. The molecule has 0 saturated heterocycles. The van der Waals surface area contributed by atoms with Crippen molar-refractivity contribution in [2.45, 2.75) is 24.5 Å². The third-order valence-electron chi connectivity index (χ3n) is 5.18. The van der Waals surface area contributed by atoms with E-state index in [0.717, 1.165) is 33.4 Å². The highest BCUT2D eigenvalue weighted by molar-refractivity contribution is 7.94. The van der Waals surface area contributed by atoms with E-state index in [9.17, 15) is 18.0 Å². The third kappa shape index (κ3) is 4.76. The maximum Gasteiger partial charge on any atom is 0.271 e. The van der Waals surface area contributed by atoms with E-state index < -0.39 is 21.8 Å². The first-order valence-corrected chi connectivity index (χ1v) is 12.3. The quantitative estimate of drug-likeness (QED) is 0.360. The molecule has 2 aromatic heterocycles. The Hall–Kier alpha value is -3.63. The predicted molar refractivity (Wildman–Crippen MR) is 127 cm³/mol. The van der Waals surface area contributed by atoms with E-state index >= 15 is 0 Å². The van der Waals surface area contributed by atoms with Crippen LogP contribution in [0.5, 0.6) is 0 Å². The maximum absolute atomic E-state index is 12.7. The first-order chi connectivity index (χ1) is 15.8. The summed E-state index contributed by atoms with van der Waals surface area (Å²) in [4.78, 5) is 25.1. The summed E-state index contributed by atoms with van der Waals surface area (Å²) in [5.41, 5.74) is 8.41. The van der Waals surface area contributed by atoms with Crippen molar-refractivity contribution in [3.8, 4) is 0 Å². The number of benzene rings is 2. The van der Waals surface area contributed by atoms with Crippen LogP contribution in [-0.2, 0) is 21.2 Å².